The highest BCUT2D eigenvalue weighted by Gasteiger charge is 2.47. The number of nitrogens with zero attached hydrogens (tertiary/aromatic N) is 1. The van der Waals surface area contributed by atoms with Crippen LogP contribution in [0.25, 0.3) is 5.76 Å². The smallest absolute Gasteiger partial charge is 0.295 e. The van der Waals surface area contributed by atoms with Gasteiger partial charge < -0.3 is 19.2 Å². The van der Waals surface area contributed by atoms with E-state index in [1.54, 1.807) is 24.3 Å². The van der Waals surface area contributed by atoms with E-state index in [1.165, 1.54) is 11.2 Å². The third-order valence-corrected chi connectivity index (χ3v) is 5.29. The molecule has 2 aliphatic heterocycles. The van der Waals surface area contributed by atoms with Gasteiger partial charge in [-0.1, -0.05) is 13.3 Å². The minimum absolute atomic E-state index is 0.0766. The quantitative estimate of drug-likeness (QED) is 0.484. The summed E-state index contributed by atoms with van der Waals surface area (Å²) in [4.78, 5) is 27.0. The number of benzene rings is 1. The van der Waals surface area contributed by atoms with Gasteiger partial charge in [0.25, 0.3) is 11.7 Å². The summed E-state index contributed by atoms with van der Waals surface area (Å²) in [6.45, 7) is 3.13. The molecule has 0 bridgehead atoms. The maximum atomic E-state index is 12.8. The van der Waals surface area contributed by atoms with Gasteiger partial charge in [-0.25, -0.2) is 0 Å². The van der Waals surface area contributed by atoms with E-state index < -0.39 is 17.7 Å². The Morgan fingerprint density at radius 2 is 2.14 bits per heavy atom. The maximum absolute atomic E-state index is 12.8. The summed E-state index contributed by atoms with van der Waals surface area (Å²) in [5, 5.41) is 11.0. The average Bonchev–Trinajstić information content (AvgIpc) is 3.33. The van der Waals surface area contributed by atoms with E-state index in [1.807, 2.05) is 13.0 Å². The van der Waals surface area contributed by atoms with Gasteiger partial charge in [-0.3, -0.25) is 9.59 Å². The lowest BCUT2D eigenvalue weighted by molar-refractivity contribution is -0.140. The zero-order valence-electron chi connectivity index (χ0n) is 15.8. The van der Waals surface area contributed by atoms with Crippen molar-refractivity contribution in [2.24, 2.45) is 0 Å². The first-order chi connectivity index (χ1) is 13.6. The van der Waals surface area contributed by atoms with Crippen LogP contribution in [0.2, 0.25) is 0 Å². The number of Topliss-reactive ketones (excluding diaryl/α,β-unsaturated/α-hetero) is 1. The Balaban J connectivity index is 1.80. The van der Waals surface area contributed by atoms with Gasteiger partial charge in [-0.2, -0.15) is 0 Å². The second-order valence-electron chi connectivity index (χ2n) is 7.14. The monoisotopic (exact) mass is 381 g/mol. The summed E-state index contributed by atoms with van der Waals surface area (Å²) in [6.07, 6.45) is 4.92. The molecule has 1 fully saturated rings. The van der Waals surface area contributed by atoms with Gasteiger partial charge >= 0.3 is 0 Å². The number of carbonyl (C=O) groups excluding carboxylic acids is 2. The summed E-state index contributed by atoms with van der Waals surface area (Å²) >= 11 is 0. The molecule has 2 aromatic rings. The predicted octanol–water partition coefficient (Wildman–Crippen LogP) is 3.83. The average molecular weight is 381 g/mol. The van der Waals surface area contributed by atoms with E-state index in [0.717, 1.165) is 37.0 Å². The highest BCUT2D eigenvalue weighted by atomic mass is 16.5. The van der Waals surface area contributed by atoms with Gasteiger partial charge in [-0.15, -0.1) is 0 Å². The maximum Gasteiger partial charge on any atom is 0.295 e. The zero-order valence-corrected chi connectivity index (χ0v) is 15.8. The van der Waals surface area contributed by atoms with E-state index in [9.17, 15) is 14.7 Å². The van der Waals surface area contributed by atoms with Crippen molar-refractivity contribution < 1.29 is 23.8 Å². The molecule has 1 aromatic carbocycles. The largest absolute Gasteiger partial charge is 0.507 e. The first kappa shape index (κ1) is 18.3. The fourth-order valence-electron chi connectivity index (χ4n) is 3.84. The van der Waals surface area contributed by atoms with Crippen molar-refractivity contribution in [2.45, 2.75) is 38.6 Å². The highest BCUT2D eigenvalue weighted by Crippen LogP contribution is 2.40. The number of aliphatic hydroxyl groups excluding tert-OH is 1. The van der Waals surface area contributed by atoms with Crippen LogP contribution in [-0.2, 0) is 16.0 Å². The van der Waals surface area contributed by atoms with Crippen LogP contribution in [0, 0.1) is 0 Å². The normalized spacial score (nSPS) is 20.9. The summed E-state index contributed by atoms with van der Waals surface area (Å²) in [5.41, 5.74) is 1.58. The zero-order chi connectivity index (χ0) is 19.7. The predicted molar refractivity (Wildman–Crippen MR) is 103 cm³/mol. The van der Waals surface area contributed by atoms with E-state index >= 15 is 0 Å². The molecule has 1 amide bonds. The second kappa shape index (κ2) is 7.54. The number of hydrogen-bond donors (Lipinski definition) is 1. The third-order valence-electron chi connectivity index (χ3n) is 5.29. The molecule has 0 aliphatic carbocycles. The SMILES string of the molecule is CCCCN1C(=O)C(=O)/C(=C(\O)c2ccc3c(c2)CCCO3)C1c1ccco1. The van der Waals surface area contributed by atoms with Crippen molar-refractivity contribution in [3.8, 4) is 5.75 Å². The first-order valence-electron chi connectivity index (χ1n) is 9.69. The molecule has 0 spiro atoms. The van der Waals surface area contributed by atoms with E-state index in [-0.39, 0.29) is 11.3 Å². The number of likely N-dealkylation sites (tertiary alicyclic amines) is 1. The molecule has 4 rings (SSSR count). The number of aliphatic hydroxyl groups is 1. The molecule has 0 radical (unpaired) electrons. The van der Waals surface area contributed by atoms with E-state index in [4.69, 9.17) is 9.15 Å². The van der Waals surface area contributed by atoms with Gasteiger partial charge in [0, 0.05) is 12.1 Å². The Bertz CT molecular complexity index is 928. The molecule has 6 heteroatoms. The molecule has 0 saturated carbocycles. The van der Waals surface area contributed by atoms with Crippen LogP contribution in [0.3, 0.4) is 0 Å². The van der Waals surface area contributed by atoms with Gasteiger partial charge in [0.05, 0.1) is 18.4 Å². The molecule has 2 aliphatic rings. The fraction of sp³-hybridized carbons (Fsp3) is 0.364. The summed E-state index contributed by atoms with van der Waals surface area (Å²) in [7, 11) is 0. The summed E-state index contributed by atoms with van der Waals surface area (Å²) < 4.78 is 11.1. The number of aryl methyl sites for hydroxylation is 1. The minimum atomic E-state index is -0.714. The number of rotatable bonds is 5. The molecular formula is C22H23NO5. The van der Waals surface area contributed by atoms with Crippen LogP contribution in [-0.4, -0.2) is 34.8 Å². The molecule has 3 heterocycles. The summed E-state index contributed by atoms with van der Waals surface area (Å²) in [6, 6.07) is 8.09. The lowest BCUT2D eigenvalue weighted by Crippen LogP contribution is -2.30. The molecule has 1 atom stereocenters. The van der Waals surface area contributed by atoms with Crippen LogP contribution in [0.15, 0.2) is 46.6 Å². The Hall–Kier alpha value is -3.02. The number of hydrogen-bond acceptors (Lipinski definition) is 5. The van der Waals surface area contributed by atoms with E-state index in [2.05, 4.69) is 0 Å². The molecule has 1 saturated heterocycles. The first-order valence-corrected chi connectivity index (χ1v) is 9.69. The van der Waals surface area contributed by atoms with Crippen molar-refractivity contribution >= 4 is 17.4 Å². The van der Waals surface area contributed by atoms with Crippen LogP contribution in [0.1, 0.15) is 49.1 Å². The number of ketones is 1. The van der Waals surface area contributed by atoms with Gasteiger partial charge in [0.2, 0.25) is 0 Å². The molecular weight excluding hydrogens is 358 g/mol. The van der Waals surface area contributed by atoms with Crippen molar-refractivity contribution in [1.29, 1.82) is 0 Å². The van der Waals surface area contributed by atoms with E-state index in [0.29, 0.717) is 24.5 Å². The molecule has 146 valence electrons. The minimum Gasteiger partial charge on any atom is -0.507 e. The number of unbranched alkanes of at least 4 members (excludes halogenated alkanes) is 1. The molecule has 6 nitrogen and oxygen atoms in total. The second-order valence-corrected chi connectivity index (χ2v) is 7.14. The molecule has 1 unspecified atom stereocenters. The van der Waals surface area contributed by atoms with Crippen LogP contribution >= 0.6 is 0 Å². The Morgan fingerprint density at radius 1 is 1.29 bits per heavy atom. The van der Waals surface area contributed by atoms with Crippen LogP contribution in [0.5, 0.6) is 5.75 Å². The number of fused-ring (bicyclic) bond motifs is 1. The fourth-order valence-corrected chi connectivity index (χ4v) is 3.84. The van der Waals surface area contributed by atoms with Gasteiger partial charge in [-0.05, 0) is 55.2 Å². The molecule has 1 N–H and O–H groups in total. The van der Waals surface area contributed by atoms with Crippen molar-refractivity contribution in [1.82, 2.24) is 4.90 Å². The Morgan fingerprint density at radius 3 is 2.89 bits per heavy atom. The third kappa shape index (κ3) is 3.09. The molecule has 28 heavy (non-hydrogen) atoms. The number of carbonyl (C=O) groups is 2. The van der Waals surface area contributed by atoms with Crippen LogP contribution in [0.4, 0.5) is 0 Å². The lowest BCUT2D eigenvalue weighted by Gasteiger charge is -2.23. The van der Waals surface area contributed by atoms with Crippen molar-refractivity contribution in [2.75, 3.05) is 13.2 Å². The number of ether oxygens (including phenoxy) is 1. The topological polar surface area (TPSA) is 80.0 Å². The Kier molecular flexibility index (Phi) is 4.94. The summed E-state index contributed by atoms with van der Waals surface area (Å²) in [5.74, 6) is -0.180. The van der Waals surface area contributed by atoms with Gasteiger partial charge in [0.1, 0.15) is 23.3 Å². The number of furan rings is 1. The van der Waals surface area contributed by atoms with Crippen molar-refractivity contribution in [3.63, 3.8) is 0 Å². The highest BCUT2D eigenvalue weighted by molar-refractivity contribution is 6.46. The van der Waals surface area contributed by atoms with Gasteiger partial charge in [0.15, 0.2) is 0 Å². The van der Waals surface area contributed by atoms with Crippen molar-refractivity contribution in [3.05, 3.63) is 59.1 Å². The molecule has 1 aromatic heterocycles. The lowest BCUT2D eigenvalue weighted by atomic mass is 9.96. The Labute approximate surface area is 163 Å². The number of amides is 1. The standard InChI is InChI=1S/C22H23NO5/c1-2-3-10-23-19(17-7-5-12-28-17)18(21(25)22(23)26)20(24)15-8-9-16-14(13-15)6-4-11-27-16/h5,7-9,12-13,19,24H,2-4,6,10-11H2,1H3/b20-18-. The van der Waals surface area contributed by atoms with Crippen LogP contribution < -0.4 is 4.74 Å².